The van der Waals surface area contributed by atoms with E-state index in [-0.39, 0.29) is 11.5 Å². The van der Waals surface area contributed by atoms with E-state index < -0.39 is 0 Å². The topological polar surface area (TPSA) is 119 Å². The Morgan fingerprint density at radius 3 is 2.79 bits per heavy atom. The first-order chi connectivity index (χ1) is 9.24. The standard InChI is InChI=1S/C11H13N5O3/c1-18-8-4-2-7(3-5-8)6-13-11-9(10(12)14-17)15-19-16-11/h2-5,17H,6H2,1H3,(H2,12,14)(H,13,16). The fraction of sp³-hybridized carbons (Fsp3) is 0.182. The van der Waals surface area contributed by atoms with Crippen LogP contribution in [0.3, 0.4) is 0 Å². The van der Waals surface area contributed by atoms with Crippen LogP contribution in [0, 0.1) is 0 Å². The Morgan fingerprint density at radius 2 is 2.16 bits per heavy atom. The van der Waals surface area contributed by atoms with Gasteiger partial charge in [-0.05, 0) is 28.0 Å². The third-order valence-corrected chi connectivity index (χ3v) is 2.46. The molecular weight excluding hydrogens is 250 g/mol. The second-order valence-electron chi connectivity index (χ2n) is 3.65. The van der Waals surface area contributed by atoms with Gasteiger partial charge < -0.3 is 21.0 Å². The number of nitrogens with zero attached hydrogens (tertiary/aromatic N) is 3. The summed E-state index contributed by atoms with van der Waals surface area (Å²) in [5, 5.41) is 21.6. The van der Waals surface area contributed by atoms with Crippen molar-refractivity contribution in [3.05, 3.63) is 35.5 Å². The molecule has 8 heteroatoms. The molecule has 2 rings (SSSR count). The number of nitrogens with one attached hydrogen (secondary N) is 1. The van der Waals surface area contributed by atoms with Gasteiger partial charge in [0.05, 0.1) is 7.11 Å². The molecule has 0 bridgehead atoms. The smallest absolute Gasteiger partial charge is 0.202 e. The van der Waals surface area contributed by atoms with Gasteiger partial charge in [-0.3, -0.25) is 0 Å². The van der Waals surface area contributed by atoms with Crippen molar-refractivity contribution in [1.29, 1.82) is 0 Å². The number of anilines is 1. The van der Waals surface area contributed by atoms with Gasteiger partial charge in [0.25, 0.3) is 0 Å². The van der Waals surface area contributed by atoms with Gasteiger partial charge in [0, 0.05) is 6.54 Å². The Hall–Kier alpha value is -2.77. The van der Waals surface area contributed by atoms with Gasteiger partial charge in [-0.2, -0.15) is 0 Å². The minimum Gasteiger partial charge on any atom is -0.497 e. The molecule has 1 aromatic carbocycles. The third kappa shape index (κ3) is 2.92. The molecule has 1 heterocycles. The van der Waals surface area contributed by atoms with Crippen molar-refractivity contribution in [2.45, 2.75) is 6.54 Å². The van der Waals surface area contributed by atoms with Crippen LogP contribution in [0.1, 0.15) is 11.3 Å². The zero-order chi connectivity index (χ0) is 13.7. The summed E-state index contributed by atoms with van der Waals surface area (Å²) in [6, 6.07) is 7.51. The minimum absolute atomic E-state index is 0.163. The van der Waals surface area contributed by atoms with Crippen molar-refractivity contribution in [2.24, 2.45) is 10.9 Å². The van der Waals surface area contributed by atoms with Crippen molar-refractivity contribution in [2.75, 3.05) is 12.4 Å². The van der Waals surface area contributed by atoms with Crippen LogP contribution >= 0.6 is 0 Å². The fourth-order valence-electron chi connectivity index (χ4n) is 1.45. The summed E-state index contributed by atoms with van der Waals surface area (Å²) >= 11 is 0. The summed E-state index contributed by atoms with van der Waals surface area (Å²) in [4.78, 5) is 0. The number of aromatic nitrogens is 2. The summed E-state index contributed by atoms with van der Waals surface area (Å²) in [7, 11) is 1.61. The summed E-state index contributed by atoms with van der Waals surface area (Å²) in [6.07, 6.45) is 0. The van der Waals surface area contributed by atoms with Crippen molar-refractivity contribution in [3.8, 4) is 5.75 Å². The van der Waals surface area contributed by atoms with Crippen LogP contribution in [0.25, 0.3) is 0 Å². The highest BCUT2D eigenvalue weighted by Gasteiger charge is 2.13. The van der Waals surface area contributed by atoms with Gasteiger partial charge in [-0.15, -0.1) is 0 Å². The zero-order valence-electron chi connectivity index (χ0n) is 10.2. The Labute approximate surface area is 108 Å². The molecule has 0 radical (unpaired) electrons. The molecule has 2 aromatic rings. The monoisotopic (exact) mass is 263 g/mol. The molecule has 0 fully saturated rings. The zero-order valence-corrected chi connectivity index (χ0v) is 10.2. The lowest BCUT2D eigenvalue weighted by molar-refractivity contribution is 0.304. The number of hydrogen-bond acceptors (Lipinski definition) is 7. The van der Waals surface area contributed by atoms with Crippen molar-refractivity contribution in [1.82, 2.24) is 10.3 Å². The van der Waals surface area contributed by atoms with Gasteiger partial charge in [0.2, 0.25) is 5.82 Å². The summed E-state index contributed by atoms with van der Waals surface area (Å²) < 4.78 is 9.61. The van der Waals surface area contributed by atoms with Crippen molar-refractivity contribution < 1.29 is 14.6 Å². The molecule has 8 nitrogen and oxygen atoms in total. The first kappa shape index (κ1) is 12.7. The Balaban J connectivity index is 2.04. The molecule has 0 amide bonds. The summed E-state index contributed by atoms with van der Waals surface area (Å²) in [5.41, 5.74) is 6.60. The normalized spacial score (nSPS) is 11.3. The van der Waals surface area contributed by atoms with E-state index in [1.54, 1.807) is 7.11 Å². The van der Waals surface area contributed by atoms with Gasteiger partial charge in [-0.1, -0.05) is 17.3 Å². The van der Waals surface area contributed by atoms with Crippen LogP contribution in [-0.2, 0) is 6.54 Å². The Morgan fingerprint density at radius 1 is 1.42 bits per heavy atom. The van der Waals surface area contributed by atoms with Gasteiger partial charge in [-0.25, -0.2) is 4.63 Å². The van der Waals surface area contributed by atoms with Crippen LogP contribution in [0.5, 0.6) is 5.75 Å². The average molecular weight is 263 g/mol. The molecule has 0 aliphatic heterocycles. The highest BCUT2D eigenvalue weighted by atomic mass is 16.6. The molecule has 0 atom stereocenters. The lowest BCUT2D eigenvalue weighted by atomic mass is 10.2. The molecule has 0 spiro atoms. The van der Waals surface area contributed by atoms with Crippen LogP contribution < -0.4 is 15.8 Å². The number of nitrogens with two attached hydrogens (primary N) is 1. The molecule has 0 aliphatic carbocycles. The maximum Gasteiger partial charge on any atom is 0.202 e. The number of ether oxygens (including phenoxy) is 1. The molecule has 0 aliphatic rings. The van der Waals surface area contributed by atoms with Crippen LogP contribution in [0.2, 0.25) is 0 Å². The molecule has 100 valence electrons. The fourth-order valence-corrected chi connectivity index (χ4v) is 1.45. The summed E-state index contributed by atoms with van der Waals surface area (Å²) in [6.45, 7) is 0.490. The van der Waals surface area contributed by atoms with E-state index in [2.05, 4.69) is 25.4 Å². The Kier molecular flexibility index (Phi) is 3.81. The highest BCUT2D eigenvalue weighted by Crippen LogP contribution is 2.14. The first-order valence-corrected chi connectivity index (χ1v) is 5.42. The number of hydrogen-bond donors (Lipinski definition) is 3. The minimum atomic E-state index is -0.168. The van der Waals surface area contributed by atoms with Crippen molar-refractivity contribution in [3.63, 3.8) is 0 Å². The van der Waals surface area contributed by atoms with Crippen LogP contribution in [-0.4, -0.2) is 28.5 Å². The van der Waals surface area contributed by atoms with Crippen LogP contribution in [0.4, 0.5) is 5.82 Å². The first-order valence-electron chi connectivity index (χ1n) is 5.42. The average Bonchev–Trinajstić information content (AvgIpc) is 2.93. The van der Waals surface area contributed by atoms with E-state index in [4.69, 9.17) is 15.7 Å². The van der Waals surface area contributed by atoms with E-state index in [1.165, 1.54) is 0 Å². The molecule has 0 unspecified atom stereocenters. The number of amidine groups is 1. The number of methoxy groups -OCH3 is 1. The second-order valence-corrected chi connectivity index (χ2v) is 3.65. The van der Waals surface area contributed by atoms with E-state index in [9.17, 15) is 0 Å². The third-order valence-electron chi connectivity index (χ3n) is 2.46. The van der Waals surface area contributed by atoms with Gasteiger partial charge in [0.15, 0.2) is 11.5 Å². The molecule has 1 aromatic heterocycles. The predicted molar refractivity (Wildman–Crippen MR) is 67.1 cm³/mol. The van der Waals surface area contributed by atoms with E-state index in [0.717, 1.165) is 11.3 Å². The molecular formula is C11H13N5O3. The predicted octanol–water partition coefficient (Wildman–Crippen LogP) is 0.785. The molecule has 0 saturated heterocycles. The van der Waals surface area contributed by atoms with Gasteiger partial charge >= 0.3 is 0 Å². The van der Waals surface area contributed by atoms with E-state index in [0.29, 0.717) is 12.4 Å². The lowest BCUT2D eigenvalue weighted by Crippen LogP contribution is -2.16. The SMILES string of the molecule is COc1ccc(CNc2nonc2/C(N)=N/O)cc1. The second kappa shape index (κ2) is 5.71. The largest absolute Gasteiger partial charge is 0.497 e. The summed E-state index contributed by atoms with van der Waals surface area (Å²) in [5.74, 6) is 0.925. The molecule has 19 heavy (non-hydrogen) atoms. The number of rotatable bonds is 5. The molecule has 4 N–H and O–H groups in total. The quantitative estimate of drug-likeness (QED) is 0.315. The van der Waals surface area contributed by atoms with E-state index >= 15 is 0 Å². The van der Waals surface area contributed by atoms with Crippen molar-refractivity contribution >= 4 is 11.7 Å². The molecule has 0 saturated carbocycles. The maximum absolute atomic E-state index is 8.59. The number of oxime groups is 1. The van der Waals surface area contributed by atoms with Crippen LogP contribution in [0.15, 0.2) is 34.1 Å². The van der Waals surface area contributed by atoms with Gasteiger partial charge in [0.1, 0.15) is 5.75 Å². The van der Waals surface area contributed by atoms with E-state index in [1.807, 2.05) is 24.3 Å². The number of benzene rings is 1. The Bertz CT molecular complexity index is 564. The lowest BCUT2D eigenvalue weighted by Gasteiger charge is -2.05. The highest BCUT2D eigenvalue weighted by molar-refractivity contribution is 5.99. The maximum atomic E-state index is 8.59.